The molecule has 0 aromatic heterocycles. The molecule has 1 saturated heterocycles. The number of hydrogen-bond donors (Lipinski definition) is 3. The summed E-state index contributed by atoms with van der Waals surface area (Å²) in [7, 11) is 0. The van der Waals surface area contributed by atoms with Crippen molar-refractivity contribution in [2.75, 3.05) is 0 Å². The number of aliphatic carboxylic acids is 1. The average Bonchev–Trinajstić information content (AvgIpc) is 2.58. The van der Waals surface area contributed by atoms with Crippen molar-refractivity contribution in [3.63, 3.8) is 0 Å². The minimum Gasteiger partial charge on any atom is -0.480 e. The standard InChI is InChI=1S/C11H18N2O4/c1-11(2,3)8(10(16)17)13-9(15)6-4-5-7(14)12-6/h6,8H,4-5H2,1-3H3,(H,12,14)(H,13,15)(H,16,17)/t6-,8+/m1/s1. The molecule has 0 aliphatic carbocycles. The van der Waals surface area contributed by atoms with Crippen molar-refractivity contribution in [2.24, 2.45) is 5.41 Å². The van der Waals surface area contributed by atoms with Gasteiger partial charge in [0.25, 0.3) is 0 Å². The Kier molecular flexibility index (Phi) is 3.75. The Morgan fingerprint density at radius 3 is 2.41 bits per heavy atom. The van der Waals surface area contributed by atoms with Crippen LogP contribution in [0.5, 0.6) is 0 Å². The van der Waals surface area contributed by atoms with Gasteiger partial charge < -0.3 is 15.7 Å². The zero-order valence-electron chi connectivity index (χ0n) is 10.2. The number of carboxylic acids is 1. The number of nitrogens with one attached hydrogen (secondary N) is 2. The van der Waals surface area contributed by atoms with Crippen LogP contribution in [0.25, 0.3) is 0 Å². The monoisotopic (exact) mass is 242 g/mol. The molecule has 1 heterocycles. The first kappa shape index (κ1) is 13.5. The van der Waals surface area contributed by atoms with Gasteiger partial charge in [0, 0.05) is 6.42 Å². The lowest BCUT2D eigenvalue weighted by molar-refractivity contribution is -0.145. The van der Waals surface area contributed by atoms with E-state index in [1.807, 2.05) is 0 Å². The average molecular weight is 242 g/mol. The lowest BCUT2D eigenvalue weighted by atomic mass is 9.86. The lowest BCUT2D eigenvalue weighted by Crippen LogP contribution is -2.53. The van der Waals surface area contributed by atoms with Crippen LogP contribution in [0.3, 0.4) is 0 Å². The fraction of sp³-hybridized carbons (Fsp3) is 0.727. The van der Waals surface area contributed by atoms with Crippen molar-refractivity contribution in [1.29, 1.82) is 0 Å². The molecule has 0 saturated carbocycles. The maximum Gasteiger partial charge on any atom is 0.326 e. The van der Waals surface area contributed by atoms with Crippen LogP contribution in [0.4, 0.5) is 0 Å². The van der Waals surface area contributed by atoms with Crippen LogP contribution in [0.15, 0.2) is 0 Å². The third-order valence-corrected chi connectivity index (χ3v) is 2.71. The van der Waals surface area contributed by atoms with Crippen molar-refractivity contribution in [3.05, 3.63) is 0 Å². The molecule has 1 fully saturated rings. The number of rotatable bonds is 3. The summed E-state index contributed by atoms with van der Waals surface area (Å²) >= 11 is 0. The molecule has 6 nitrogen and oxygen atoms in total. The predicted octanol–water partition coefficient (Wildman–Crippen LogP) is -0.119. The Hall–Kier alpha value is -1.59. The van der Waals surface area contributed by atoms with Gasteiger partial charge in [0.1, 0.15) is 12.1 Å². The molecule has 0 bridgehead atoms. The number of carboxylic acid groups (broad SMARTS) is 1. The summed E-state index contributed by atoms with van der Waals surface area (Å²) < 4.78 is 0. The van der Waals surface area contributed by atoms with E-state index in [1.165, 1.54) is 0 Å². The molecule has 1 rings (SSSR count). The number of carbonyl (C=O) groups is 3. The number of hydrogen-bond acceptors (Lipinski definition) is 3. The second kappa shape index (κ2) is 4.73. The van der Waals surface area contributed by atoms with E-state index in [1.54, 1.807) is 20.8 Å². The van der Waals surface area contributed by atoms with Gasteiger partial charge in [0.15, 0.2) is 0 Å². The molecule has 0 unspecified atom stereocenters. The van der Waals surface area contributed by atoms with Gasteiger partial charge in [-0.25, -0.2) is 4.79 Å². The molecule has 3 N–H and O–H groups in total. The highest BCUT2D eigenvalue weighted by molar-refractivity contribution is 5.93. The van der Waals surface area contributed by atoms with E-state index in [0.29, 0.717) is 12.8 Å². The van der Waals surface area contributed by atoms with Crippen LogP contribution in [0.1, 0.15) is 33.6 Å². The van der Waals surface area contributed by atoms with Crippen LogP contribution < -0.4 is 10.6 Å². The fourth-order valence-corrected chi connectivity index (χ4v) is 1.70. The Morgan fingerprint density at radius 1 is 1.47 bits per heavy atom. The normalized spacial score (nSPS) is 21.8. The zero-order chi connectivity index (χ0) is 13.2. The van der Waals surface area contributed by atoms with Gasteiger partial charge in [-0.15, -0.1) is 0 Å². The highest BCUT2D eigenvalue weighted by atomic mass is 16.4. The van der Waals surface area contributed by atoms with Crippen LogP contribution in [0, 0.1) is 5.41 Å². The number of amides is 2. The van der Waals surface area contributed by atoms with E-state index < -0.39 is 29.4 Å². The summed E-state index contributed by atoms with van der Waals surface area (Å²) in [4.78, 5) is 33.8. The smallest absolute Gasteiger partial charge is 0.326 e. The second-order valence-corrected chi connectivity index (χ2v) is 5.30. The largest absolute Gasteiger partial charge is 0.480 e. The minimum atomic E-state index is -1.07. The molecule has 0 radical (unpaired) electrons. The summed E-state index contributed by atoms with van der Waals surface area (Å²) in [5.74, 6) is -1.68. The van der Waals surface area contributed by atoms with Gasteiger partial charge in [0.2, 0.25) is 11.8 Å². The van der Waals surface area contributed by atoms with E-state index in [0.717, 1.165) is 0 Å². The zero-order valence-corrected chi connectivity index (χ0v) is 10.2. The molecule has 0 spiro atoms. The van der Waals surface area contributed by atoms with E-state index >= 15 is 0 Å². The van der Waals surface area contributed by atoms with Gasteiger partial charge in [-0.1, -0.05) is 20.8 Å². The van der Waals surface area contributed by atoms with Gasteiger partial charge in [0.05, 0.1) is 0 Å². The van der Waals surface area contributed by atoms with Crippen LogP contribution >= 0.6 is 0 Å². The van der Waals surface area contributed by atoms with E-state index in [9.17, 15) is 14.4 Å². The molecule has 96 valence electrons. The second-order valence-electron chi connectivity index (χ2n) is 5.30. The molecule has 1 aliphatic heterocycles. The maximum atomic E-state index is 11.8. The van der Waals surface area contributed by atoms with Crippen molar-refractivity contribution < 1.29 is 19.5 Å². The van der Waals surface area contributed by atoms with Gasteiger partial charge in [-0.3, -0.25) is 9.59 Å². The molecule has 17 heavy (non-hydrogen) atoms. The van der Waals surface area contributed by atoms with E-state index in [-0.39, 0.29) is 5.91 Å². The summed E-state index contributed by atoms with van der Waals surface area (Å²) in [6, 6.07) is -1.57. The quantitative estimate of drug-likeness (QED) is 0.643. The van der Waals surface area contributed by atoms with Gasteiger partial charge in [-0.05, 0) is 11.8 Å². The first-order valence-electron chi connectivity index (χ1n) is 5.54. The molecule has 2 amide bonds. The highest BCUT2D eigenvalue weighted by Gasteiger charge is 2.36. The van der Waals surface area contributed by atoms with Crippen LogP contribution in [0.2, 0.25) is 0 Å². The number of carbonyl (C=O) groups excluding carboxylic acids is 2. The predicted molar refractivity (Wildman–Crippen MR) is 60.2 cm³/mol. The Morgan fingerprint density at radius 2 is 2.06 bits per heavy atom. The summed E-state index contributed by atoms with van der Waals surface area (Å²) in [5, 5.41) is 14.0. The van der Waals surface area contributed by atoms with Crippen molar-refractivity contribution in [2.45, 2.75) is 45.7 Å². The Labute approximate surface area is 99.8 Å². The molecule has 1 aliphatic rings. The third-order valence-electron chi connectivity index (χ3n) is 2.71. The summed E-state index contributed by atoms with van der Waals surface area (Å²) in [6.45, 7) is 5.21. The topological polar surface area (TPSA) is 95.5 Å². The highest BCUT2D eigenvalue weighted by Crippen LogP contribution is 2.20. The first-order chi connectivity index (χ1) is 7.71. The van der Waals surface area contributed by atoms with Crippen LogP contribution in [-0.4, -0.2) is 35.0 Å². The Balaban J connectivity index is 2.65. The molecule has 0 aromatic carbocycles. The molecule has 2 atom stereocenters. The SMILES string of the molecule is CC(C)(C)[C@@H](NC(=O)[C@H]1CCC(=O)N1)C(=O)O. The van der Waals surface area contributed by atoms with Crippen molar-refractivity contribution in [1.82, 2.24) is 10.6 Å². The molecule has 6 heteroatoms. The van der Waals surface area contributed by atoms with E-state index in [4.69, 9.17) is 5.11 Å². The first-order valence-corrected chi connectivity index (χ1v) is 5.54. The molecule has 0 aromatic rings. The summed E-state index contributed by atoms with van der Waals surface area (Å²) in [6.07, 6.45) is 0.729. The Bertz CT molecular complexity index is 346. The van der Waals surface area contributed by atoms with Gasteiger partial charge >= 0.3 is 5.97 Å². The van der Waals surface area contributed by atoms with Crippen LogP contribution in [-0.2, 0) is 14.4 Å². The maximum absolute atomic E-state index is 11.8. The lowest BCUT2D eigenvalue weighted by Gasteiger charge is -2.28. The molecular weight excluding hydrogens is 224 g/mol. The minimum absolute atomic E-state index is 0.173. The fourth-order valence-electron chi connectivity index (χ4n) is 1.70. The van der Waals surface area contributed by atoms with Crippen molar-refractivity contribution in [3.8, 4) is 0 Å². The van der Waals surface area contributed by atoms with E-state index in [2.05, 4.69) is 10.6 Å². The third kappa shape index (κ3) is 3.44. The summed E-state index contributed by atoms with van der Waals surface area (Å²) in [5.41, 5.74) is -0.579. The molecular formula is C11H18N2O4. The van der Waals surface area contributed by atoms with Crippen molar-refractivity contribution >= 4 is 17.8 Å². The van der Waals surface area contributed by atoms with Gasteiger partial charge in [-0.2, -0.15) is 0 Å².